The molecule has 0 saturated carbocycles. The third-order valence-corrected chi connectivity index (χ3v) is 7.68. The van der Waals surface area contributed by atoms with Gasteiger partial charge in [0.15, 0.2) is 0 Å². The predicted octanol–water partition coefficient (Wildman–Crippen LogP) is 3.86. The zero-order valence-corrected chi connectivity index (χ0v) is 19.8. The summed E-state index contributed by atoms with van der Waals surface area (Å²) in [7, 11) is -4.30. The third kappa shape index (κ3) is 4.98. The van der Waals surface area contributed by atoms with Gasteiger partial charge in [-0.3, -0.25) is 9.48 Å². The number of alkyl halides is 2. The lowest BCUT2D eigenvalue weighted by Crippen LogP contribution is -2.39. The second-order valence-electron chi connectivity index (χ2n) is 8.63. The number of nitrogens with zero attached hydrogens (tertiary/aromatic N) is 3. The monoisotopic (exact) mass is 511 g/mol. The van der Waals surface area contributed by atoms with Gasteiger partial charge in [-0.25, -0.2) is 21.6 Å². The van der Waals surface area contributed by atoms with E-state index in [1.807, 2.05) is 13.8 Å². The highest BCUT2D eigenvalue weighted by atomic mass is 32.2. The van der Waals surface area contributed by atoms with E-state index in [-0.39, 0.29) is 35.2 Å². The number of fused-ring (bicyclic) bond motifs is 1. The third-order valence-electron chi connectivity index (χ3n) is 5.78. The number of ether oxygens (including phenoxy) is 1. The predicted molar refractivity (Wildman–Crippen MR) is 121 cm³/mol. The minimum Gasteiger partial charge on any atom is -0.491 e. The van der Waals surface area contributed by atoms with Crippen molar-refractivity contribution < 1.29 is 36.2 Å². The Hall–Kier alpha value is -3.12. The van der Waals surface area contributed by atoms with Crippen LogP contribution in [0.2, 0.25) is 0 Å². The largest absolute Gasteiger partial charge is 0.491 e. The average Bonchev–Trinajstić information content (AvgIpc) is 3.36. The summed E-state index contributed by atoms with van der Waals surface area (Å²) < 4.78 is 76.1. The summed E-state index contributed by atoms with van der Waals surface area (Å²) in [5.41, 5.74) is 0.358. The van der Waals surface area contributed by atoms with Crippen molar-refractivity contribution in [3.63, 3.8) is 0 Å². The summed E-state index contributed by atoms with van der Waals surface area (Å²) in [4.78, 5) is 11.1. The van der Waals surface area contributed by atoms with E-state index < -0.39 is 46.7 Å². The first-order chi connectivity index (χ1) is 16.5. The van der Waals surface area contributed by atoms with Crippen LogP contribution in [-0.2, 0) is 21.2 Å². The summed E-state index contributed by atoms with van der Waals surface area (Å²) in [6.45, 7) is 3.30. The van der Waals surface area contributed by atoms with E-state index in [9.17, 15) is 31.5 Å². The number of aromatic nitrogens is 2. The number of carboxylic acid groups (broad SMARTS) is 1. The van der Waals surface area contributed by atoms with Crippen LogP contribution in [0.15, 0.2) is 47.4 Å². The molecule has 1 aliphatic rings. The van der Waals surface area contributed by atoms with Crippen LogP contribution >= 0.6 is 0 Å². The Labute approximate surface area is 200 Å². The van der Waals surface area contributed by atoms with E-state index in [0.717, 1.165) is 16.4 Å². The SMILES string of the molecule is CC(C)Oc1ccc(S(=O)(=O)N2C[C@H](n3nc(CC(=O)O)c4ccc(F)cc43)CC2C(F)F)cc1. The van der Waals surface area contributed by atoms with Gasteiger partial charge in [-0.05, 0) is 62.7 Å². The summed E-state index contributed by atoms with van der Waals surface area (Å²) >= 11 is 0. The number of halogens is 3. The minimum absolute atomic E-state index is 0.125. The maximum absolute atomic E-state index is 14.0. The molecule has 35 heavy (non-hydrogen) atoms. The van der Waals surface area contributed by atoms with Gasteiger partial charge >= 0.3 is 5.97 Å². The molecule has 3 aromatic rings. The molecule has 0 amide bonds. The second kappa shape index (κ2) is 9.50. The molecule has 1 saturated heterocycles. The zero-order valence-electron chi connectivity index (χ0n) is 18.9. The van der Waals surface area contributed by atoms with Gasteiger partial charge in [-0.1, -0.05) is 0 Å². The Kier molecular flexibility index (Phi) is 6.78. The molecule has 1 fully saturated rings. The number of carbonyl (C=O) groups is 1. The molecule has 1 aliphatic heterocycles. The van der Waals surface area contributed by atoms with Crippen LogP contribution in [0.3, 0.4) is 0 Å². The number of hydrogen-bond donors (Lipinski definition) is 1. The standard InChI is InChI=1S/C23H24F3N3O5S/c1-13(2)34-16-4-6-17(7-5-16)35(32,33)28-12-15(10-21(28)23(25)26)29-20-9-14(24)3-8-18(20)19(27-29)11-22(30)31/h3-9,13,15,21,23H,10-12H2,1-2H3,(H,30,31)/t15-,21?/m1/s1. The molecule has 4 rings (SSSR count). The number of sulfonamides is 1. The van der Waals surface area contributed by atoms with Crippen LogP contribution in [0.25, 0.3) is 10.9 Å². The highest BCUT2D eigenvalue weighted by molar-refractivity contribution is 7.89. The molecule has 0 aliphatic carbocycles. The topological polar surface area (TPSA) is 102 Å². The lowest BCUT2D eigenvalue weighted by atomic mass is 10.1. The average molecular weight is 512 g/mol. The van der Waals surface area contributed by atoms with Crippen molar-refractivity contribution in [3.8, 4) is 5.75 Å². The van der Waals surface area contributed by atoms with Crippen LogP contribution in [0.4, 0.5) is 13.2 Å². The maximum Gasteiger partial charge on any atom is 0.309 e. The molecule has 1 aromatic heterocycles. The van der Waals surface area contributed by atoms with Crippen molar-refractivity contribution in [1.29, 1.82) is 0 Å². The van der Waals surface area contributed by atoms with Crippen molar-refractivity contribution in [1.82, 2.24) is 14.1 Å². The van der Waals surface area contributed by atoms with Gasteiger partial charge in [-0.2, -0.15) is 9.40 Å². The fourth-order valence-corrected chi connectivity index (χ4v) is 5.98. The molecule has 1 N–H and O–H groups in total. The molecule has 0 radical (unpaired) electrons. The summed E-state index contributed by atoms with van der Waals surface area (Å²) in [5.74, 6) is -1.33. The molecule has 1 unspecified atom stereocenters. The molecule has 8 nitrogen and oxygen atoms in total. The van der Waals surface area contributed by atoms with E-state index in [0.29, 0.717) is 11.1 Å². The van der Waals surface area contributed by atoms with E-state index in [1.54, 1.807) is 0 Å². The first-order valence-electron chi connectivity index (χ1n) is 10.9. The minimum atomic E-state index is -4.30. The molecule has 2 atom stereocenters. The van der Waals surface area contributed by atoms with Gasteiger partial charge in [0.25, 0.3) is 6.43 Å². The first kappa shape index (κ1) is 25.0. The molecule has 0 spiro atoms. The molecule has 2 aromatic carbocycles. The Morgan fingerprint density at radius 1 is 1.20 bits per heavy atom. The van der Waals surface area contributed by atoms with Crippen LogP contribution in [0.5, 0.6) is 5.75 Å². The Morgan fingerprint density at radius 2 is 1.89 bits per heavy atom. The first-order valence-corrected chi connectivity index (χ1v) is 12.4. The molecular weight excluding hydrogens is 487 g/mol. The van der Waals surface area contributed by atoms with E-state index in [1.165, 1.54) is 35.0 Å². The number of carboxylic acids is 1. The Bertz CT molecular complexity index is 1340. The fraction of sp³-hybridized carbons (Fsp3) is 0.391. The summed E-state index contributed by atoms with van der Waals surface area (Å²) in [6.07, 6.45) is -3.83. The Balaban J connectivity index is 1.70. The van der Waals surface area contributed by atoms with Gasteiger partial charge in [0.05, 0.1) is 40.7 Å². The lowest BCUT2D eigenvalue weighted by molar-refractivity contribution is -0.136. The van der Waals surface area contributed by atoms with Gasteiger partial charge in [0.1, 0.15) is 11.6 Å². The smallest absolute Gasteiger partial charge is 0.309 e. The number of hydrogen-bond acceptors (Lipinski definition) is 5. The van der Waals surface area contributed by atoms with Crippen LogP contribution in [-0.4, -0.2) is 58.7 Å². The molecule has 188 valence electrons. The van der Waals surface area contributed by atoms with E-state index in [2.05, 4.69) is 5.10 Å². The molecular formula is C23H24F3N3O5S. The van der Waals surface area contributed by atoms with Gasteiger partial charge in [0.2, 0.25) is 10.0 Å². The van der Waals surface area contributed by atoms with Crippen molar-refractivity contribution in [2.24, 2.45) is 0 Å². The second-order valence-corrected chi connectivity index (χ2v) is 10.5. The van der Waals surface area contributed by atoms with Crippen molar-refractivity contribution in [2.75, 3.05) is 6.54 Å². The fourth-order valence-electron chi connectivity index (χ4n) is 4.32. The number of rotatable bonds is 8. The van der Waals surface area contributed by atoms with Crippen molar-refractivity contribution in [2.45, 2.75) is 56.2 Å². The van der Waals surface area contributed by atoms with Crippen molar-refractivity contribution >= 4 is 26.9 Å². The van der Waals surface area contributed by atoms with Crippen LogP contribution in [0.1, 0.15) is 32.0 Å². The van der Waals surface area contributed by atoms with Gasteiger partial charge < -0.3 is 9.84 Å². The molecule has 0 bridgehead atoms. The lowest BCUT2D eigenvalue weighted by Gasteiger charge is -2.23. The highest BCUT2D eigenvalue weighted by Gasteiger charge is 2.46. The normalized spacial score (nSPS) is 19.2. The maximum atomic E-state index is 14.0. The Morgan fingerprint density at radius 3 is 2.49 bits per heavy atom. The highest BCUT2D eigenvalue weighted by Crippen LogP contribution is 2.37. The van der Waals surface area contributed by atoms with Crippen LogP contribution < -0.4 is 4.74 Å². The summed E-state index contributed by atoms with van der Waals surface area (Å²) in [5, 5.41) is 13.8. The van der Waals surface area contributed by atoms with Crippen LogP contribution in [0, 0.1) is 5.82 Å². The van der Waals surface area contributed by atoms with Crippen molar-refractivity contribution in [3.05, 3.63) is 54.0 Å². The zero-order chi connectivity index (χ0) is 25.5. The van der Waals surface area contributed by atoms with Gasteiger partial charge in [-0.15, -0.1) is 0 Å². The number of aliphatic carboxylic acids is 1. The van der Waals surface area contributed by atoms with E-state index in [4.69, 9.17) is 4.74 Å². The number of benzene rings is 2. The molecule has 12 heteroatoms. The summed E-state index contributed by atoms with van der Waals surface area (Å²) in [6, 6.07) is 6.70. The quantitative estimate of drug-likeness (QED) is 0.493. The van der Waals surface area contributed by atoms with Gasteiger partial charge in [0, 0.05) is 11.9 Å². The van der Waals surface area contributed by atoms with E-state index >= 15 is 0 Å². The molecule has 2 heterocycles.